The summed E-state index contributed by atoms with van der Waals surface area (Å²) in [5.41, 5.74) is 8.07. The maximum Gasteiger partial charge on any atom is 0.166 e. The summed E-state index contributed by atoms with van der Waals surface area (Å²) < 4.78 is 19.8. The van der Waals surface area contributed by atoms with E-state index in [9.17, 15) is 4.39 Å². The molecule has 0 heterocycles. The molecule has 2 aromatic rings. The molecule has 0 aliphatic heterocycles. The van der Waals surface area contributed by atoms with Crippen LogP contribution in [0.25, 0.3) is 0 Å². The lowest BCUT2D eigenvalue weighted by Gasteiger charge is -2.15. The number of hydrogen-bond donors (Lipinski definition) is 1. The van der Waals surface area contributed by atoms with Crippen molar-refractivity contribution in [3.8, 4) is 11.5 Å². The molecule has 4 heteroatoms. The Morgan fingerprint density at radius 1 is 1.15 bits per heavy atom. The molecule has 0 bridgehead atoms. The number of halogens is 2. The van der Waals surface area contributed by atoms with E-state index in [4.69, 9.17) is 22.1 Å². The predicted molar refractivity (Wildman–Crippen MR) is 80.2 cm³/mol. The molecule has 0 aromatic heterocycles. The van der Waals surface area contributed by atoms with Gasteiger partial charge in [0, 0.05) is 5.02 Å². The Morgan fingerprint density at radius 2 is 1.80 bits per heavy atom. The van der Waals surface area contributed by atoms with Crippen molar-refractivity contribution in [1.29, 1.82) is 0 Å². The number of hydrogen-bond acceptors (Lipinski definition) is 2. The van der Waals surface area contributed by atoms with E-state index in [1.165, 1.54) is 6.07 Å². The molecule has 0 amide bonds. The van der Waals surface area contributed by atoms with Gasteiger partial charge in [-0.3, -0.25) is 0 Å². The smallest absolute Gasteiger partial charge is 0.166 e. The number of rotatable bonds is 4. The lowest BCUT2D eigenvalue weighted by molar-refractivity contribution is 0.431. The zero-order valence-electron chi connectivity index (χ0n) is 11.5. The molecule has 0 unspecified atom stereocenters. The van der Waals surface area contributed by atoms with E-state index in [2.05, 4.69) is 0 Å². The molecule has 2 N–H and O–H groups in total. The minimum atomic E-state index is -0.385. The monoisotopic (exact) mass is 293 g/mol. The third-order valence-corrected chi connectivity index (χ3v) is 3.31. The third-order valence-electron chi connectivity index (χ3n) is 3.09. The average molecular weight is 294 g/mol. The first-order chi connectivity index (χ1) is 9.52. The second-order valence-corrected chi connectivity index (χ2v) is 5.17. The normalized spacial score (nSPS) is 10.7. The summed E-state index contributed by atoms with van der Waals surface area (Å²) in [6.45, 7) is 4.22. The van der Waals surface area contributed by atoms with Gasteiger partial charge >= 0.3 is 0 Å². The standard InChI is InChI=1S/C16H17ClFNO/c1-10-8-13(17)9-11(2)15(10)20-16-12(6-7-19)4-3-5-14(16)18/h3-5,8-9H,6-7,19H2,1-2H3. The number of nitrogens with two attached hydrogens (primary N) is 1. The van der Waals surface area contributed by atoms with E-state index in [0.717, 1.165) is 16.7 Å². The van der Waals surface area contributed by atoms with E-state index in [1.54, 1.807) is 18.2 Å². The Hall–Kier alpha value is -1.58. The minimum Gasteiger partial charge on any atom is -0.453 e. The van der Waals surface area contributed by atoms with Gasteiger partial charge in [-0.15, -0.1) is 0 Å². The van der Waals surface area contributed by atoms with Crippen LogP contribution in [0.1, 0.15) is 16.7 Å². The molecule has 0 aliphatic rings. The van der Waals surface area contributed by atoms with Gasteiger partial charge in [0.2, 0.25) is 0 Å². The van der Waals surface area contributed by atoms with Crippen LogP contribution in [0.15, 0.2) is 30.3 Å². The Morgan fingerprint density at radius 3 is 2.40 bits per heavy atom. The lowest BCUT2D eigenvalue weighted by atomic mass is 10.1. The fourth-order valence-corrected chi connectivity index (χ4v) is 2.51. The lowest BCUT2D eigenvalue weighted by Crippen LogP contribution is -2.05. The molecule has 0 saturated heterocycles. The Kier molecular flexibility index (Phi) is 4.63. The second kappa shape index (κ2) is 6.25. The van der Waals surface area contributed by atoms with Gasteiger partial charge in [0.05, 0.1) is 0 Å². The van der Waals surface area contributed by atoms with E-state index in [1.807, 2.05) is 19.9 Å². The second-order valence-electron chi connectivity index (χ2n) is 4.74. The van der Waals surface area contributed by atoms with Crippen molar-refractivity contribution in [2.24, 2.45) is 5.73 Å². The van der Waals surface area contributed by atoms with Crippen molar-refractivity contribution in [2.75, 3.05) is 6.54 Å². The summed E-state index contributed by atoms with van der Waals surface area (Å²) in [5, 5.41) is 0.642. The minimum absolute atomic E-state index is 0.242. The van der Waals surface area contributed by atoms with Crippen LogP contribution in [0.4, 0.5) is 4.39 Å². The van der Waals surface area contributed by atoms with Gasteiger partial charge in [-0.25, -0.2) is 4.39 Å². The topological polar surface area (TPSA) is 35.2 Å². The van der Waals surface area contributed by atoms with Gasteiger partial charge in [0.1, 0.15) is 5.75 Å². The van der Waals surface area contributed by atoms with E-state index < -0.39 is 0 Å². The highest BCUT2D eigenvalue weighted by molar-refractivity contribution is 6.30. The third kappa shape index (κ3) is 3.11. The summed E-state index contributed by atoms with van der Waals surface area (Å²) in [5.74, 6) is 0.494. The number of aryl methyl sites for hydroxylation is 2. The molecule has 0 spiro atoms. The molecular formula is C16H17ClFNO. The van der Waals surface area contributed by atoms with Gasteiger partial charge < -0.3 is 10.5 Å². The van der Waals surface area contributed by atoms with Gasteiger partial charge in [0.25, 0.3) is 0 Å². The summed E-state index contributed by atoms with van der Waals surface area (Å²) in [6.07, 6.45) is 0.568. The predicted octanol–water partition coefficient (Wildman–Crippen LogP) is 4.39. The average Bonchev–Trinajstić information content (AvgIpc) is 2.36. The van der Waals surface area contributed by atoms with Gasteiger partial charge in [-0.1, -0.05) is 23.7 Å². The van der Waals surface area contributed by atoms with Crippen LogP contribution in [-0.4, -0.2) is 6.54 Å². The summed E-state index contributed by atoms with van der Waals surface area (Å²) >= 11 is 5.99. The molecule has 0 saturated carbocycles. The van der Waals surface area contributed by atoms with Gasteiger partial charge in [0.15, 0.2) is 11.6 Å². The van der Waals surface area contributed by atoms with Crippen molar-refractivity contribution in [1.82, 2.24) is 0 Å². The molecule has 0 radical (unpaired) electrons. The van der Waals surface area contributed by atoms with Crippen LogP contribution in [-0.2, 0) is 6.42 Å². The van der Waals surface area contributed by atoms with Crippen molar-refractivity contribution >= 4 is 11.6 Å². The first-order valence-electron chi connectivity index (χ1n) is 6.45. The van der Waals surface area contributed by atoms with Crippen molar-refractivity contribution < 1.29 is 9.13 Å². The number of ether oxygens (including phenoxy) is 1. The zero-order valence-corrected chi connectivity index (χ0v) is 12.3. The van der Waals surface area contributed by atoms with Crippen molar-refractivity contribution in [2.45, 2.75) is 20.3 Å². The van der Waals surface area contributed by atoms with Gasteiger partial charge in [-0.05, 0) is 61.7 Å². The zero-order chi connectivity index (χ0) is 14.7. The maximum absolute atomic E-state index is 14.0. The van der Waals surface area contributed by atoms with Crippen LogP contribution in [0.5, 0.6) is 11.5 Å². The highest BCUT2D eigenvalue weighted by atomic mass is 35.5. The van der Waals surface area contributed by atoms with E-state index in [0.29, 0.717) is 23.7 Å². The molecule has 106 valence electrons. The van der Waals surface area contributed by atoms with Crippen LogP contribution < -0.4 is 10.5 Å². The molecule has 2 nitrogen and oxygen atoms in total. The highest BCUT2D eigenvalue weighted by Crippen LogP contribution is 2.34. The van der Waals surface area contributed by atoms with Gasteiger partial charge in [-0.2, -0.15) is 0 Å². The first-order valence-corrected chi connectivity index (χ1v) is 6.82. The largest absolute Gasteiger partial charge is 0.453 e. The van der Waals surface area contributed by atoms with Crippen LogP contribution in [0.2, 0.25) is 5.02 Å². The quantitative estimate of drug-likeness (QED) is 0.907. The molecule has 0 aliphatic carbocycles. The number of benzene rings is 2. The number of para-hydroxylation sites is 1. The van der Waals surface area contributed by atoms with Crippen molar-refractivity contribution in [3.05, 3.63) is 57.9 Å². The summed E-state index contributed by atoms with van der Waals surface area (Å²) in [7, 11) is 0. The molecular weight excluding hydrogens is 277 g/mol. The van der Waals surface area contributed by atoms with Crippen LogP contribution >= 0.6 is 11.6 Å². The Labute approximate surface area is 123 Å². The molecule has 2 rings (SSSR count). The summed E-state index contributed by atoms with van der Waals surface area (Å²) in [4.78, 5) is 0. The molecule has 20 heavy (non-hydrogen) atoms. The molecule has 2 aromatic carbocycles. The molecule has 0 atom stereocenters. The fraction of sp³-hybridized carbons (Fsp3) is 0.250. The Balaban J connectivity index is 2.45. The SMILES string of the molecule is Cc1cc(Cl)cc(C)c1Oc1c(F)cccc1CCN. The summed E-state index contributed by atoms with van der Waals surface area (Å²) in [6, 6.07) is 8.47. The van der Waals surface area contributed by atoms with E-state index in [-0.39, 0.29) is 11.6 Å². The maximum atomic E-state index is 14.0. The van der Waals surface area contributed by atoms with Crippen LogP contribution in [0, 0.1) is 19.7 Å². The first kappa shape index (κ1) is 14.8. The van der Waals surface area contributed by atoms with Crippen molar-refractivity contribution in [3.63, 3.8) is 0 Å². The Bertz CT molecular complexity index is 605. The van der Waals surface area contributed by atoms with E-state index >= 15 is 0 Å². The highest BCUT2D eigenvalue weighted by Gasteiger charge is 2.14. The fourth-order valence-electron chi connectivity index (χ4n) is 2.18. The molecule has 0 fully saturated rings. The van der Waals surface area contributed by atoms with Crippen LogP contribution in [0.3, 0.4) is 0 Å².